The van der Waals surface area contributed by atoms with Gasteiger partial charge in [0.05, 0.1) is 0 Å². The lowest BCUT2D eigenvalue weighted by molar-refractivity contribution is 0.976. The maximum absolute atomic E-state index is 7.19. The Balaban J connectivity index is 2.99. The summed E-state index contributed by atoms with van der Waals surface area (Å²) in [5, 5.41) is 3.87. The van der Waals surface area contributed by atoms with Crippen LogP contribution < -0.4 is 0 Å². The van der Waals surface area contributed by atoms with E-state index in [9.17, 15) is 0 Å². The minimum atomic E-state index is 0.787. The first-order chi connectivity index (χ1) is 4.38. The van der Waals surface area contributed by atoms with Crippen molar-refractivity contribution >= 4 is 5.65 Å². The average molecular weight is 109 g/mol. The van der Waals surface area contributed by atoms with Gasteiger partial charge >= 0.3 is 0 Å². The van der Waals surface area contributed by atoms with E-state index in [-0.39, 0.29) is 0 Å². The topological polar surface area (TPSA) is 33.1 Å². The number of nitrogens with one attached hydrogen (secondary N) is 1. The first kappa shape index (κ1) is 2.91. The third-order valence-corrected chi connectivity index (χ3v) is 1.07. The Labute approximate surface area is 47.4 Å². The van der Waals surface area contributed by atoms with Crippen molar-refractivity contribution in [3.8, 4) is 0 Å². The van der Waals surface area contributed by atoms with Crippen LogP contribution in [-0.2, 0) is 0 Å². The molecule has 0 fully saturated rings. The molecule has 0 aromatic carbocycles. The number of nitrogens with zero attached hydrogens (tertiary/aromatic N) is 2. The lowest BCUT2D eigenvalue weighted by Gasteiger charge is -1.72. The Morgan fingerprint density at radius 2 is 2.88 bits per heavy atom. The van der Waals surface area contributed by atoms with Crippen molar-refractivity contribution in [2.24, 2.45) is 0 Å². The molecule has 0 aliphatic carbocycles. The van der Waals surface area contributed by atoms with E-state index in [0.717, 1.165) is 5.65 Å². The van der Waals surface area contributed by atoms with Gasteiger partial charge in [0.1, 0.15) is 12.0 Å². The zero-order valence-corrected chi connectivity index (χ0v) is 4.15. The summed E-state index contributed by atoms with van der Waals surface area (Å²) in [6, 6.07) is 3.69. The largest absolute Gasteiger partial charge is 0.330 e. The van der Waals surface area contributed by atoms with Crippen LogP contribution in [-0.4, -0.2) is 14.6 Å². The molecule has 0 aliphatic heterocycles. The summed E-state index contributed by atoms with van der Waals surface area (Å²) in [4.78, 5) is 1.22. The number of fused-ring (bicyclic) bond motifs is 1. The molecule has 0 amide bonds. The lowest BCUT2D eigenvalue weighted by atomic mass is 10.6. The normalized spacial score (nSPS) is 12.2. The molecule has 8 heavy (non-hydrogen) atoms. The van der Waals surface area contributed by atoms with Crippen LogP contribution in [0.5, 0.6) is 0 Å². The smallest absolute Gasteiger partial charge is 0.169 e. The van der Waals surface area contributed by atoms with Gasteiger partial charge in [-0.25, -0.2) is 4.52 Å². The summed E-state index contributed by atoms with van der Waals surface area (Å²) in [6.07, 6.45) is 3.26. The molecule has 3 heteroatoms. The molecule has 1 N–H and O–H groups in total. The molecule has 3 nitrogen and oxygen atoms in total. The Hall–Kier alpha value is -1.25. The van der Waals surface area contributed by atoms with E-state index in [1.165, 1.54) is 11.3 Å². The average Bonchev–Trinajstić information content (AvgIpc) is 2.35. The fourth-order valence-corrected chi connectivity index (χ4v) is 0.704. The van der Waals surface area contributed by atoms with Crippen molar-refractivity contribution in [2.45, 2.75) is 0 Å². The number of aromatic nitrogens is 3. The van der Waals surface area contributed by atoms with Gasteiger partial charge < -0.3 is 4.98 Å². The van der Waals surface area contributed by atoms with E-state index in [1.54, 1.807) is 10.7 Å². The molecular formula is C5H5N3. The van der Waals surface area contributed by atoms with Gasteiger partial charge in [-0.1, -0.05) is 0 Å². The number of H-pyrrole nitrogens is 1. The molecule has 2 rings (SSSR count). The zero-order chi connectivity index (χ0) is 6.27. The van der Waals surface area contributed by atoms with Crippen LogP contribution in [0, 0.1) is 0 Å². The zero-order valence-electron chi connectivity index (χ0n) is 5.15. The van der Waals surface area contributed by atoms with Crippen molar-refractivity contribution in [3.05, 3.63) is 24.7 Å². The molecule has 2 aromatic heterocycles. The second-order valence-electron chi connectivity index (χ2n) is 1.57. The monoisotopic (exact) mass is 109 g/mol. The Morgan fingerprint density at radius 3 is 3.75 bits per heavy atom. The summed E-state index contributed by atoms with van der Waals surface area (Å²) in [5.41, 5.74) is 0.787. The predicted molar refractivity (Wildman–Crippen MR) is 29.5 cm³/mol. The first-order valence-corrected chi connectivity index (χ1v) is 2.38. The highest BCUT2D eigenvalue weighted by Gasteiger charge is 1.86. The van der Waals surface area contributed by atoms with Gasteiger partial charge in [0.15, 0.2) is 1.41 Å². The second-order valence-corrected chi connectivity index (χ2v) is 1.57. The molecule has 2 aromatic rings. The van der Waals surface area contributed by atoms with E-state index in [1.807, 2.05) is 12.1 Å². The summed E-state index contributed by atoms with van der Waals surface area (Å²) < 4.78 is 8.84. The van der Waals surface area contributed by atoms with Gasteiger partial charge in [-0.3, -0.25) is 0 Å². The summed E-state index contributed by atoms with van der Waals surface area (Å²) in [7, 11) is 0. The third kappa shape index (κ3) is 0.307. The second kappa shape index (κ2) is 1.12. The molecule has 2 heterocycles. The fourth-order valence-electron chi connectivity index (χ4n) is 0.704. The molecule has 0 atom stereocenters. The molecule has 40 valence electrons. The third-order valence-electron chi connectivity index (χ3n) is 1.07. The molecule has 0 unspecified atom stereocenters. The highest BCUT2D eigenvalue weighted by atomic mass is 15.3. The van der Waals surface area contributed by atoms with Gasteiger partial charge in [0.25, 0.3) is 0 Å². The minimum absolute atomic E-state index is 0.787. The van der Waals surface area contributed by atoms with Crippen LogP contribution in [0.4, 0.5) is 0 Å². The van der Waals surface area contributed by atoms with Crippen molar-refractivity contribution in [1.29, 1.82) is 0 Å². The maximum atomic E-state index is 7.19. The highest BCUT2D eigenvalue weighted by Crippen LogP contribution is 1.94. The van der Waals surface area contributed by atoms with Crippen molar-refractivity contribution in [2.75, 3.05) is 0 Å². The fraction of sp³-hybridized carbons (Fsp3) is 0. The molecular weight excluding hydrogens is 102 g/mol. The van der Waals surface area contributed by atoms with Crippen LogP contribution in [0.3, 0.4) is 0 Å². The Bertz CT molecular complexity index is 321. The van der Waals surface area contributed by atoms with Gasteiger partial charge in [0, 0.05) is 6.20 Å². The van der Waals surface area contributed by atoms with Crippen molar-refractivity contribution < 1.29 is 1.41 Å². The number of rotatable bonds is 0. The Kier molecular flexibility index (Phi) is 0.409. The van der Waals surface area contributed by atoms with Crippen molar-refractivity contribution in [1.82, 2.24) is 14.6 Å². The van der Waals surface area contributed by atoms with E-state index in [0.29, 0.717) is 0 Å². The van der Waals surface area contributed by atoms with Crippen LogP contribution in [0.25, 0.3) is 5.65 Å². The van der Waals surface area contributed by atoms with Crippen LogP contribution in [0.2, 0.25) is 1.41 Å². The van der Waals surface area contributed by atoms with E-state index >= 15 is 0 Å². The van der Waals surface area contributed by atoms with Gasteiger partial charge in [-0.05, 0) is 12.1 Å². The maximum Gasteiger partial charge on any atom is 0.169 e. The van der Waals surface area contributed by atoms with Gasteiger partial charge in [-0.15, -0.1) is 0 Å². The predicted octanol–water partition coefficient (Wildman–Crippen LogP) is 0.662. The van der Waals surface area contributed by atoms with Gasteiger partial charge in [-0.2, -0.15) is 5.10 Å². The first-order valence-electron chi connectivity index (χ1n) is 2.82. The van der Waals surface area contributed by atoms with Crippen molar-refractivity contribution in [3.63, 3.8) is 0 Å². The van der Waals surface area contributed by atoms with Gasteiger partial charge in [0.2, 0.25) is 0 Å². The minimum Gasteiger partial charge on any atom is -0.330 e. The standard InChI is InChI=1S/C5H5N3/c1-2-5-6-4-7-8(5)3-1/h1-4H,(H,6,7)/i/hT. The molecule has 0 aliphatic rings. The summed E-state index contributed by atoms with van der Waals surface area (Å²) in [5.74, 6) is 0. The molecule has 0 bridgehead atoms. The molecule has 0 saturated carbocycles. The summed E-state index contributed by atoms with van der Waals surface area (Å²) >= 11 is 0. The Morgan fingerprint density at radius 1 is 1.88 bits per heavy atom. The van der Waals surface area contributed by atoms with Crippen LogP contribution >= 0.6 is 0 Å². The number of hydrogen-bond acceptors (Lipinski definition) is 1. The lowest BCUT2D eigenvalue weighted by Crippen LogP contribution is -1.74. The van der Waals surface area contributed by atoms with E-state index < -0.39 is 0 Å². The van der Waals surface area contributed by atoms with E-state index in [2.05, 4.69) is 5.10 Å². The summed E-state index contributed by atoms with van der Waals surface area (Å²) in [6.45, 7) is 0. The highest BCUT2D eigenvalue weighted by molar-refractivity contribution is 5.35. The molecule has 0 spiro atoms. The number of aromatic amines is 1. The molecule has 0 saturated heterocycles. The quantitative estimate of drug-likeness (QED) is 0.529. The SMILES string of the molecule is [3H]n1cnn2cccc12. The van der Waals surface area contributed by atoms with Crippen LogP contribution in [0.15, 0.2) is 24.7 Å². The number of hydrogen-bond donors (Lipinski definition) is 1. The van der Waals surface area contributed by atoms with Crippen LogP contribution in [0.1, 0.15) is 0 Å². The van der Waals surface area contributed by atoms with E-state index in [4.69, 9.17) is 1.41 Å². The molecule has 0 radical (unpaired) electrons.